The SMILES string of the molecule is OC[C@@H]1CCCN1c1nccc(S)c1Cl. The lowest BCUT2D eigenvalue weighted by Crippen LogP contribution is -2.32. The number of rotatable bonds is 2. The molecule has 0 saturated carbocycles. The molecule has 1 atom stereocenters. The van der Waals surface area contributed by atoms with Crippen molar-refractivity contribution in [2.24, 2.45) is 0 Å². The predicted molar refractivity (Wildman–Crippen MR) is 64.0 cm³/mol. The largest absolute Gasteiger partial charge is 0.394 e. The summed E-state index contributed by atoms with van der Waals surface area (Å²) in [4.78, 5) is 7.04. The van der Waals surface area contributed by atoms with Gasteiger partial charge in [0.25, 0.3) is 0 Å². The maximum absolute atomic E-state index is 9.23. The molecule has 1 aromatic rings. The Hall–Kier alpha value is -0.450. The number of halogens is 1. The van der Waals surface area contributed by atoms with Gasteiger partial charge < -0.3 is 10.0 Å². The molecule has 1 fully saturated rings. The Morgan fingerprint density at radius 2 is 2.47 bits per heavy atom. The van der Waals surface area contributed by atoms with E-state index in [2.05, 4.69) is 22.5 Å². The van der Waals surface area contributed by atoms with Gasteiger partial charge in [0.05, 0.1) is 17.7 Å². The third kappa shape index (κ3) is 2.07. The first kappa shape index (κ1) is 11.0. The van der Waals surface area contributed by atoms with Gasteiger partial charge in [0, 0.05) is 17.6 Å². The summed E-state index contributed by atoms with van der Waals surface area (Å²) in [7, 11) is 0. The van der Waals surface area contributed by atoms with Crippen LogP contribution in [0.1, 0.15) is 12.8 Å². The number of hydrogen-bond acceptors (Lipinski definition) is 4. The van der Waals surface area contributed by atoms with Gasteiger partial charge in [-0.25, -0.2) is 4.98 Å². The second-order valence-corrected chi connectivity index (χ2v) is 4.50. The molecule has 0 amide bonds. The van der Waals surface area contributed by atoms with Gasteiger partial charge in [0.1, 0.15) is 5.82 Å². The Bertz CT molecular complexity index is 361. The number of thiol groups is 1. The molecule has 0 unspecified atom stereocenters. The van der Waals surface area contributed by atoms with Crippen molar-refractivity contribution in [1.82, 2.24) is 4.98 Å². The van der Waals surface area contributed by atoms with E-state index in [0.29, 0.717) is 5.02 Å². The van der Waals surface area contributed by atoms with Gasteiger partial charge >= 0.3 is 0 Å². The minimum absolute atomic E-state index is 0.144. The van der Waals surface area contributed by atoms with E-state index >= 15 is 0 Å². The molecule has 82 valence electrons. The summed E-state index contributed by atoms with van der Waals surface area (Å²) < 4.78 is 0. The number of aliphatic hydroxyl groups is 1. The highest BCUT2D eigenvalue weighted by atomic mass is 35.5. The first-order valence-corrected chi connectivity index (χ1v) is 5.77. The fraction of sp³-hybridized carbons (Fsp3) is 0.500. The van der Waals surface area contributed by atoms with Gasteiger partial charge in [0.2, 0.25) is 0 Å². The van der Waals surface area contributed by atoms with Gasteiger partial charge in [-0.15, -0.1) is 12.6 Å². The molecule has 0 aliphatic carbocycles. The number of pyridine rings is 1. The molecule has 1 N–H and O–H groups in total. The minimum Gasteiger partial charge on any atom is -0.394 e. The molecule has 0 aromatic carbocycles. The van der Waals surface area contributed by atoms with E-state index in [4.69, 9.17) is 11.6 Å². The minimum atomic E-state index is 0.144. The third-order valence-corrected chi connectivity index (χ3v) is 3.59. The van der Waals surface area contributed by atoms with E-state index in [1.807, 2.05) is 0 Å². The van der Waals surface area contributed by atoms with Crippen molar-refractivity contribution in [2.45, 2.75) is 23.8 Å². The maximum Gasteiger partial charge on any atom is 0.148 e. The van der Waals surface area contributed by atoms with Crippen molar-refractivity contribution in [3.63, 3.8) is 0 Å². The summed E-state index contributed by atoms with van der Waals surface area (Å²) in [5.74, 6) is 0.737. The van der Waals surface area contributed by atoms with Crippen LogP contribution in [0.15, 0.2) is 17.2 Å². The highest BCUT2D eigenvalue weighted by Gasteiger charge is 2.26. The van der Waals surface area contributed by atoms with E-state index in [1.54, 1.807) is 12.3 Å². The molecular formula is C10H13ClN2OS. The van der Waals surface area contributed by atoms with E-state index in [-0.39, 0.29) is 12.6 Å². The van der Waals surface area contributed by atoms with Gasteiger partial charge in [-0.2, -0.15) is 0 Å². The maximum atomic E-state index is 9.23. The predicted octanol–water partition coefficient (Wildman–Crippen LogP) is 1.98. The average Bonchev–Trinajstić information content (AvgIpc) is 2.70. The highest BCUT2D eigenvalue weighted by Crippen LogP contribution is 2.33. The molecular weight excluding hydrogens is 232 g/mol. The second kappa shape index (κ2) is 4.60. The number of aliphatic hydroxyl groups excluding tert-OH is 1. The van der Waals surface area contributed by atoms with Gasteiger partial charge in [-0.1, -0.05) is 11.6 Å². The molecule has 0 spiro atoms. The van der Waals surface area contributed by atoms with Crippen LogP contribution in [0.3, 0.4) is 0 Å². The number of aromatic nitrogens is 1. The summed E-state index contributed by atoms with van der Waals surface area (Å²) in [5, 5.41) is 9.80. The summed E-state index contributed by atoms with van der Waals surface area (Å²) in [6.45, 7) is 1.05. The molecule has 5 heteroatoms. The van der Waals surface area contributed by atoms with E-state index in [0.717, 1.165) is 30.1 Å². The molecule has 1 aliphatic heterocycles. The van der Waals surface area contributed by atoms with Crippen LogP contribution in [-0.4, -0.2) is 29.3 Å². The number of hydrogen-bond donors (Lipinski definition) is 2. The van der Waals surface area contributed by atoms with Crippen molar-refractivity contribution in [3.8, 4) is 0 Å². The van der Waals surface area contributed by atoms with Crippen molar-refractivity contribution < 1.29 is 5.11 Å². The van der Waals surface area contributed by atoms with Crippen molar-refractivity contribution >= 4 is 30.0 Å². The van der Waals surface area contributed by atoms with Gasteiger partial charge in [-0.05, 0) is 18.9 Å². The zero-order valence-corrected chi connectivity index (χ0v) is 9.88. The summed E-state index contributed by atoms with van der Waals surface area (Å²) in [5.41, 5.74) is 0. The topological polar surface area (TPSA) is 36.4 Å². The standard InChI is InChI=1S/C10H13ClN2OS/c11-9-8(15)3-4-12-10(9)13-5-1-2-7(13)6-14/h3-4,7,14H,1-2,5-6H2,(H,12,15)/t7-/m0/s1. The molecule has 0 bridgehead atoms. The van der Waals surface area contributed by atoms with Crippen molar-refractivity contribution in [3.05, 3.63) is 17.3 Å². The average molecular weight is 245 g/mol. The third-order valence-electron chi connectivity index (χ3n) is 2.71. The summed E-state index contributed by atoms with van der Waals surface area (Å²) in [6, 6.07) is 1.91. The molecule has 15 heavy (non-hydrogen) atoms. The lowest BCUT2D eigenvalue weighted by atomic mass is 10.2. The van der Waals surface area contributed by atoms with E-state index in [9.17, 15) is 5.11 Å². The van der Waals surface area contributed by atoms with Crippen LogP contribution in [0, 0.1) is 0 Å². The highest BCUT2D eigenvalue weighted by molar-refractivity contribution is 7.80. The van der Waals surface area contributed by atoms with Crippen molar-refractivity contribution in [1.29, 1.82) is 0 Å². The normalized spacial score (nSPS) is 21.0. The van der Waals surface area contributed by atoms with E-state index < -0.39 is 0 Å². The number of nitrogens with zero attached hydrogens (tertiary/aromatic N) is 2. The number of anilines is 1. The first-order valence-electron chi connectivity index (χ1n) is 4.95. The van der Waals surface area contributed by atoms with Crippen molar-refractivity contribution in [2.75, 3.05) is 18.1 Å². The van der Waals surface area contributed by atoms with Crippen LogP contribution in [0.4, 0.5) is 5.82 Å². The Morgan fingerprint density at radius 3 is 3.20 bits per heavy atom. The first-order chi connectivity index (χ1) is 7.24. The molecule has 2 heterocycles. The monoisotopic (exact) mass is 244 g/mol. The lowest BCUT2D eigenvalue weighted by Gasteiger charge is -2.25. The van der Waals surface area contributed by atoms with Gasteiger partial charge in [-0.3, -0.25) is 0 Å². The zero-order chi connectivity index (χ0) is 10.8. The van der Waals surface area contributed by atoms with Crippen LogP contribution in [-0.2, 0) is 0 Å². The van der Waals surface area contributed by atoms with Crippen LogP contribution in [0.25, 0.3) is 0 Å². The van der Waals surface area contributed by atoms with Crippen LogP contribution in [0.2, 0.25) is 5.02 Å². The quantitative estimate of drug-likeness (QED) is 0.782. The lowest BCUT2D eigenvalue weighted by molar-refractivity contribution is 0.266. The molecule has 0 radical (unpaired) electrons. The second-order valence-electron chi connectivity index (χ2n) is 3.64. The fourth-order valence-corrected chi connectivity index (χ4v) is 2.31. The van der Waals surface area contributed by atoms with Crippen LogP contribution in [0.5, 0.6) is 0 Å². The molecule has 2 rings (SSSR count). The molecule has 3 nitrogen and oxygen atoms in total. The van der Waals surface area contributed by atoms with Gasteiger partial charge in [0.15, 0.2) is 0 Å². The Kier molecular flexibility index (Phi) is 3.38. The van der Waals surface area contributed by atoms with E-state index in [1.165, 1.54) is 0 Å². The summed E-state index contributed by atoms with van der Waals surface area (Å²) in [6.07, 6.45) is 3.75. The smallest absolute Gasteiger partial charge is 0.148 e. The molecule has 1 saturated heterocycles. The Labute approximate surface area is 99.5 Å². The Balaban J connectivity index is 2.32. The molecule has 1 aromatic heterocycles. The fourth-order valence-electron chi connectivity index (χ4n) is 1.93. The van der Waals surface area contributed by atoms with Crippen LogP contribution >= 0.6 is 24.2 Å². The molecule has 1 aliphatic rings. The zero-order valence-electron chi connectivity index (χ0n) is 8.23. The summed E-state index contributed by atoms with van der Waals surface area (Å²) >= 11 is 10.4. The van der Waals surface area contributed by atoms with Crippen LogP contribution < -0.4 is 4.90 Å². The Morgan fingerprint density at radius 1 is 1.67 bits per heavy atom.